The summed E-state index contributed by atoms with van der Waals surface area (Å²) >= 11 is 0. The van der Waals surface area contributed by atoms with Gasteiger partial charge in [-0.2, -0.15) is 0 Å². The van der Waals surface area contributed by atoms with Gasteiger partial charge in [-0.3, -0.25) is 9.98 Å². The molecule has 0 aromatic carbocycles. The predicted molar refractivity (Wildman–Crippen MR) is 85.7 cm³/mol. The fourth-order valence-electron chi connectivity index (χ4n) is 2.12. The highest BCUT2D eigenvalue weighted by Gasteiger charge is 2.08. The number of hydrogen-bond acceptors (Lipinski definition) is 2. The first-order chi connectivity index (χ1) is 10.2. The van der Waals surface area contributed by atoms with Crippen molar-refractivity contribution in [2.24, 2.45) is 10.9 Å². The Labute approximate surface area is 127 Å². The van der Waals surface area contributed by atoms with E-state index in [0.717, 1.165) is 13.0 Å². The Bertz CT molecular complexity index is 434. The van der Waals surface area contributed by atoms with Crippen LogP contribution in [0, 0.1) is 11.7 Å². The van der Waals surface area contributed by atoms with Crippen molar-refractivity contribution in [2.75, 3.05) is 13.6 Å². The number of halogens is 1. The summed E-state index contributed by atoms with van der Waals surface area (Å²) in [5.41, 5.74) is 0.401. The first-order valence-electron chi connectivity index (χ1n) is 7.75. The van der Waals surface area contributed by atoms with Gasteiger partial charge in [0.2, 0.25) is 0 Å². The molecule has 1 aromatic heterocycles. The molecule has 0 bridgehead atoms. The minimum absolute atomic E-state index is 0.296. The van der Waals surface area contributed by atoms with Crippen LogP contribution in [-0.2, 0) is 6.54 Å². The first kappa shape index (κ1) is 17.4. The Kier molecular flexibility index (Phi) is 8.40. The van der Waals surface area contributed by atoms with E-state index >= 15 is 0 Å². The maximum atomic E-state index is 13.5. The van der Waals surface area contributed by atoms with Gasteiger partial charge < -0.3 is 10.6 Å². The summed E-state index contributed by atoms with van der Waals surface area (Å²) in [6.07, 6.45) is 6.45. The van der Waals surface area contributed by atoms with E-state index in [4.69, 9.17) is 0 Å². The average Bonchev–Trinajstić information content (AvgIpc) is 2.51. The van der Waals surface area contributed by atoms with Crippen molar-refractivity contribution in [3.63, 3.8) is 0 Å². The largest absolute Gasteiger partial charge is 0.356 e. The molecule has 0 saturated heterocycles. The average molecular weight is 294 g/mol. The van der Waals surface area contributed by atoms with Gasteiger partial charge in [-0.15, -0.1) is 0 Å². The summed E-state index contributed by atoms with van der Waals surface area (Å²) in [6.45, 7) is 5.64. The predicted octanol–water partition coefficient (Wildman–Crippen LogP) is 3.10. The summed E-state index contributed by atoms with van der Waals surface area (Å²) in [4.78, 5) is 8.18. The lowest BCUT2D eigenvalue weighted by atomic mass is 9.99. The number of unbranched alkanes of at least 4 members (excludes halogenated alkanes) is 1. The van der Waals surface area contributed by atoms with E-state index in [-0.39, 0.29) is 5.82 Å². The number of rotatable bonds is 8. The lowest BCUT2D eigenvalue weighted by molar-refractivity contribution is 0.443. The second-order valence-corrected chi connectivity index (χ2v) is 5.16. The van der Waals surface area contributed by atoms with Crippen LogP contribution < -0.4 is 10.6 Å². The van der Waals surface area contributed by atoms with Crippen molar-refractivity contribution in [2.45, 2.75) is 46.1 Å². The SMILES string of the molecule is CCCCC(CC)CNC(=NC)NCc1ncccc1F. The van der Waals surface area contributed by atoms with Crippen LogP contribution in [0.5, 0.6) is 0 Å². The molecule has 0 amide bonds. The number of guanidine groups is 1. The second-order valence-electron chi connectivity index (χ2n) is 5.16. The Hall–Kier alpha value is -1.65. The monoisotopic (exact) mass is 294 g/mol. The Morgan fingerprint density at radius 3 is 2.81 bits per heavy atom. The third-order valence-electron chi connectivity index (χ3n) is 3.58. The van der Waals surface area contributed by atoms with E-state index in [1.165, 1.54) is 25.3 Å². The van der Waals surface area contributed by atoms with Crippen LogP contribution in [0.25, 0.3) is 0 Å². The molecule has 0 aliphatic heterocycles. The van der Waals surface area contributed by atoms with Gasteiger partial charge >= 0.3 is 0 Å². The Morgan fingerprint density at radius 1 is 1.38 bits per heavy atom. The van der Waals surface area contributed by atoms with Crippen molar-refractivity contribution in [1.29, 1.82) is 0 Å². The molecule has 1 heterocycles. The fraction of sp³-hybridized carbons (Fsp3) is 0.625. The van der Waals surface area contributed by atoms with E-state index in [0.29, 0.717) is 24.1 Å². The topological polar surface area (TPSA) is 49.3 Å². The molecule has 0 spiro atoms. The number of nitrogens with one attached hydrogen (secondary N) is 2. The van der Waals surface area contributed by atoms with Crippen LogP contribution in [0.15, 0.2) is 23.3 Å². The molecule has 1 rings (SSSR count). The highest BCUT2D eigenvalue weighted by Crippen LogP contribution is 2.11. The molecule has 0 fully saturated rings. The number of nitrogens with zero attached hydrogens (tertiary/aromatic N) is 2. The van der Waals surface area contributed by atoms with Gasteiger partial charge in [0.05, 0.1) is 12.2 Å². The third-order valence-corrected chi connectivity index (χ3v) is 3.58. The summed E-state index contributed by atoms with van der Waals surface area (Å²) in [7, 11) is 1.72. The van der Waals surface area contributed by atoms with E-state index in [1.807, 2.05) is 0 Å². The van der Waals surface area contributed by atoms with Crippen LogP contribution in [0.4, 0.5) is 4.39 Å². The summed E-state index contributed by atoms with van der Waals surface area (Å²) in [5, 5.41) is 6.41. The number of hydrogen-bond donors (Lipinski definition) is 2. The molecular formula is C16H27FN4. The molecule has 2 N–H and O–H groups in total. The maximum Gasteiger partial charge on any atom is 0.191 e. The molecule has 0 aliphatic carbocycles. The Morgan fingerprint density at radius 2 is 2.19 bits per heavy atom. The molecule has 5 heteroatoms. The smallest absolute Gasteiger partial charge is 0.191 e. The van der Waals surface area contributed by atoms with Gasteiger partial charge in [-0.25, -0.2) is 4.39 Å². The van der Waals surface area contributed by atoms with Crippen LogP contribution in [0.1, 0.15) is 45.2 Å². The molecule has 0 aliphatic rings. The number of aromatic nitrogens is 1. The first-order valence-corrected chi connectivity index (χ1v) is 7.75. The highest BCUT2D eigenvalue weighted by atomic mass is 19.1. The molecule has 118 valence electrons. The molecule has 1 unspecified atom stereocenters. The zero-order valence-corrected chi connectivity index (χ0v) is 13.3. The van der Waals surface area contributed by atoms with Crippen LogP contribution in [0.2, 0.25) is 0 Å². The van der Waals surface area contributed by atoms with Crippen molar-refractivity contribution in [1.82, 2.24) is 15.6 Å². The van der Waals surface area contributed by atoms with E-state index in [9.17, 15) is 4.39 Å². The standard InChI is InChI=1S/C16H27FN4/c1-4-6-8-13(5-2)11-20-16(18-3)21-12-15-14(17)9-7-10-19-15/h7,9-10,13H,4-6,8,11-12H2,1-3H3,(H2,18,20,21). The molecule has 1 aromatic rings. The van der Waals surface area contributed by atoms with Crippen LogP contribution >= 0.6 is 0 Å². The maximum absolute atomic E-state index is 13.5. The van der Waals surface area contributed by atoms with Crippen LogP contribution in [0.3, 0.4) is 0 Å². The van der Waals surface area contributed by atoms with Gasteiger partial charge in [-0.05, 0) is 24.5 Å². The third kappa shape index (κ3) is 6.56. The van der Waals surface area contributed by atoms with E-state index in [1.54, 1.807) is 19.3 Å². The van der Waals surface area contributed by atoms with Crippen molar-refractivity contribution in [3.05, 3.63) is 29.8 Å². The summed E-state index contributed by atoms with van der Waals surface area (Å²) in [6, 6.07) is 3.00. The summed E-state index contributed by atoms with van der Waals surface area (Å²) in [5.74, 6) is 1.04. The normalized spacial score (nSPS) is 13.0. The molecule has 1 atom stereocenters. The lowest BCUT2D eigenvalue weighted by Gasteiger charge is -2.18. The van der Waals surface area contributed by atoms with Gasteiger partial charge in [0, 0.05) is 19.8 Å². The number of pyridine rings is 1. The van der Waals surface area contributed by atoms with Gasteiger partial charge in [0.25, 0.3) is 0 Å². The number of aliphatic imine (C=N–C) groups is 1. The van der Waals surface area contributed by atoms with Gasteiger partial charge in [0.1, 0.15) is 5.82 Å². The van der Waals surface area contributed by atoms with Crippen molar-refractivity contribution in [3.8, 4) is 0 Å². The molecule has 0 radical (unpaired) electrons. The fourth-order valence-corrected chi connectivity index (χ4v) is 2.12. The van der Waals surface area contributed by atoms with Crippen LogP contribution in [-0.4, -0.2) is 24.5 Å². The van der Waals surface area contributed by atoms with E-state index < -0.39 is 0 Å². The quantitative estimate of drug-likeness (QED) is 0.572. The Balaban J connectivity index is 2.40. The zero-order valence-electron chi connectivity index (χ0n) is 13.3. The second kappa shape index (κ2) is 10.1. The molecule has 0 saturated carbocycles. The minimum Gasteiger partial charge on any atom is -0.356 e. The summed E-state index contributed by atoms with van der Waals surface area (Å²) < 4.78 is 13.5. The minimum atomic E-state index is -0.296. The highest BCUT2D eigenvalue weighted by molar-refractivity contribution is 5.79. The zero-order chi connectivity index (χ0) is 15.5. The lowest BCUT2D eigenvalue weighted by Crippen LogP contribution is -2.39. The van der Waals surface area contributed by atoms with Crippen molar-refractivity contribution < 1.29 is 4.39 Å². The van der Waals surface area contributed by atoms with Gasteiger partial charge in [-0.1, -0.05) is 33.1 Å². The van der Waals surface area contributed by atoms with Crippen molar-refractivity contribution >= 4 is 5.96 Å². The molecule has 4 nitrogen and oxygen atoms in total. The molecule has 21 heavy (non-hydrogen) atoms. The molecular weight excluding hydrogens is 267 g/mol. The van der Waals surface area contributed by atoms with Gasteiger partial charge in [0.15, 0.2) is 5.96 Å². The van der Waals surface area contributed by atoms with E-state index in [2.05, 4.69) is 34.5 Å².